The molecule has 1 aromatic rings. The van der Waals surface area contributed by atoms with Crippen LogP contribution in [0.1, 0.15) is 38.2 Å². The van der Waals surface area contributed by atoms with Crippen LogP contribution < -0.4 is 5.32 Å². The molecule has 0 amide bonds. The van der Waals surface area contributed by atoms with Gasteiger partial charge in [-0.05, 0) is 66.0 Å². The number of hydrogen-bond acceptors (Lipinski definition) is 2. The molecule has 0 spiro atoms. The van der Waals surface area contributed by atoms with Gasteiger partial charge in [0.2, 0.25) is 0 Å². The van der Waals surface area contributed by atoms with Crippen molar-refractivity contribution in [2.24, 2.45) is 5.41 Å². The van der Waals surface area contributed by atoms with E-state index in [1.807, 2.05) is 0 Å². The van der Waals surface area contributed by atoms with Crippen molar-refractivity contribution in [3.63, 3.8) is 0 Å². The fourth-order valence-corrected chi connectivity index (χ4v) is 3.50. The molecule has 1 saturated heterocycles. The first-order chi connectivity index (χ1) is 9.57. The summed E-state index contributed by atoms with van der Waals surface area (Å²) < 4.78 is 13.7. The second kappa shape index (κ2) is 6.81. The molecule has 0 atom stereocenters. The number of rotatable bonds is 5. The zero-order chi connectivity index (χ0) is 14.6. The summed E-state index contributed by atoms with van der Waals surface area (Å²) >= 11 is 3.18. The van der Waals surface area contributed by atoms with Gasteiger partial charge in [-0.3, -0.25) is 4.79 Å². The van der Waals surface area contributed by atoms with Crippen LogP contribution in [-0.4, -0.2) is 18.9 Å². The van der Waals surface area contributed by atoms with Gasteiger partial charge in [0, 0.05) is 11.8 Å². The monoisotopic (exact) mass is 341 g/mol. The number of ketones is 1. The van der Waals surface area contributed by atoms with E-state index in [4.69, 9.17) is 0 Å². The summed E-state index contributed by atoms with van der Waals surface area (Å²) in [7, 11) is 0. The molecule has 110 valence electrons. The number of nitrogens with one attached hydrogen (secondary N) is 1. The van der Waals surface area contributed by atoms with E-state index in [2.05, 4.69) is 28.2 Å². The van der Waals surface area contributed by atoms with Crippen LogP contribution in [0.4, 0.5) is 4.39 Å². The first-order valence-electron chi connectivity index (χ1n) is 7.25. The molecule has 0 aromatic heterocycles. The van der Waals surface area contributed by atoms with Gasteiger partial charge in [0.1, 0.15) is 11.6 Å². The molecular formula is C16H21BrFNO. The van der Waals surface area contributed by atoms with Gasteiger partial charge < -0.3 is 5.32 Å². The topological polar surface area (TPSA) is 29.1 Å². The number of benzene rings is 1. The highest BCUT2D eigenvalue weighted by atomic mass is 79.9. The van der Waals surface area contributed by atoms with Crippen molar-refractivity contribution in [1.82, 2.24) is 5.32 Å². The van der Waals surface area contributed by atoms with Crippen LogP contribution in [0.15, 0.2) is 22.7 Å². The van der Waals surface area contributed by atoms with Crippen molar-refractivity contribution in [3.8, 4) is 0 Å². The molecule has 0 saturated carbocycles. The normalized spacial score (nSPS) is 17.9. The van der Waals surface area contributed by atoms with E-state index in [9.17, 15) is 9.18 Å². The lowest BCUT2D eigenvalue weighted by atomic mass is 9.70. The van der Waals surface area contributed by atoms with E-state index in [-0.39, 0.29) is 11.2 Å². The molecule has 0 aliphatic carbocycles. The van der Waals surface area contributed by atoms with Crippen LogP contribution in [0.5, 0.6) is 0 Å². The van der Waals surface area contributed by atoms with Crippen molar-refractivity contribution in [1.29, 1.82) is 0 Å². The second-order valence-corrected chi connectivity index (χ2v) is 6.48. The summed E-state index contributed by atoms with van der Waals surface area (Å²) in [5, 5.41) is 3.32. The van der Waals surface area contributed by atoms with Gasteiger partial charge in [-0.1, -0.05) is 19.4 Å². The first kappa shape index (κ1) is 15.6. The molecule has 1 N–H and O–H groups in total. The molecule has 1 aromatic carbocycles. The fraction of sp³-hybridized carbons (Fsp3) is 0.562. The summed E-state index contributed by atoms with van der Waals surface area (Å²) in [6.07, 6.45) is 4.22. The van der Waals surface area contributed by atoms with Crippen LogP contribution in [0.2, 0.25) is 0 Å². The van der Waals surface area contributed by atoms with Crippen LogP contribution in [0.3, 0.4) is 0 Å². The van der Waals surface area contributed by atoms with Crippen LogP contribution >= 0.6 is 15.9 Å². The van der Waals surface area contributed by atoms with Crippen molar-refractivity contribution in [2.75, 3.05) is 13.1 Å². The second-order valence-electron chi connectivity index (χ2n) is 5.63. The Morgan fingerprint density at radius 1 is 1.40 bits per heavy atom. The third-order valence-corrected chi connectivity index (χ3v) is 4.84. The SMILES string of the molecule is CCCC1(C(=O)Cc2ccc(F)c(Br)c2)CCNCC1. The number of Topliss-reactive ketones (excluding diaryl/α,β-unsaturated/α-hetero) is 1. The van der Waals surface area contributed by atoms with E-state index in [0.717, 1.165) is 44.3 Å². The molecule has 2 rings (SSSR count). The predicted molar refractivity (Wildman–Crippen MR) is 82.3 cm³/mol. The minimum absolute atomic E-state index is 0.180. The zero-order valence-corrected chi connectivity index (χ0v) is 13.4. The van der Waals surface area contributed by atoms with Crippen molar-refractivity contribution < 1.29 is 9.18 Å². The van der Waals surface area contributed by atoms with Gasteiger partial charge in [0.25, 0.3) is 0 Å². The fourth-order valence-electron chi connectivity index (χ4n) is 3.07. The third kappa shape index (κ3) is 3.47. The van der Waals surface area contributed by atoms with E-state index in [1.165, 1.54) is 6.07 Å². The van der Waals surface area contributed by atoms with Gasteiger partial charge in [-0.25, -0.2) is 4.39 Å². The molecule has 1 fully saturated rings. The highest BCUT2D eigenvalue weighted by Crippen LogP contribution is 2.36. The van der Waals surface area contributed by atoms with E-state index >= 15 is 0 Å². The molecule has 0 unspecified atom stereocenters. The van der Waals surface area contributed by atoms with Gasteiger partial charge in [0.05, 0.1) is 4.47 Å². The first-order valence-corrected chi connectivity index (χ1v) is 8.05. The van der Waals surface area contributed by atoms with Crippen LogP contribution in [-0.2, 0) is 11.2 Å². The number of carbonyl (C=O) groups excluding carboxylic acids is 1. The van der Waals surface area contributed by atoms with E-state index < -0.39 is 0 Å². The molecule has 4 heteroatoms. The minimum Gasteiger partial charge on any atom is -0.317 e. The molecule has 20 heavy (non-hydrogen) atoms. The summed E-state index contributed by atoms with van der Waals surface area (Å²) in [4.78, 5) is 12.7. The molecule has 1 heterocycles. The maximum Gasteiger partial charge on any atom is 0.143 e. The van der Waals surface area contributed by atoms with Crippen molar-refractivity contribution in [3.05, 3.63) is 34.1 Å². The predicted octanol–water partition coefficient (Wildman–Crippen LogP) is 3.87. The Morgan fingerprint density at radius 2 is 2.10 bits per heavy atom. The standard InChI is InChI=1S/C16H21BrFNO/c1-2-5-16(6-8-19-9-7-16)15(20)11-12-3-4-14(18)13(17)10-12/h3-4,10,19H,2,5-9,11H2,1H3. The Hall–Kier alpha value is -0.740. The van der Waals surface area contributed by atoms with Gasteiger partial charge in [-0.15, -0.1) is 0 Å². The van der Waals surface area contributed by atoms with Gasteiger partial charge in [-0.2, -0.15) is 0 Å². The lowest BCUT2D eigenvalue weighted by Gasteiger charge is -2.36. The summed E-state index contributed by atoms with van der Waals surface area (Å²) in [5.74, 6) is 0.0192. The lowest BCUT2D eigenvalue weighted by Crippen LogP contribution is -2.42. The summed E-state index contributed by atoms with van der Waals surface area (Å²) in [6, 6.07) is 4.84. The minimum atomic E-state index is -0.286. The Bertz CT molecular complexity index is 478. The van der Waals surface area contributed by atoms with Crippen molar-refractivity contribution >= 4 is 21.7 Å². The maximum atomic E-state index is 13.2. The number of piperidine rings is 1. The Balaban J connectivity index is 2.13. The molecular weight excluding hydrogens is 321 g/mol. The average molecular weight is 342 g/mol. The number of hydrogen-bond donors (Lipinski definition) is 1. The molecule has 1 aliphatic rings. The molecule has 1 aliphatic heterocycles. The van der Waals surface area contributed by atoms with E-state index in [0.29, 0.717) is 16.7 Å². The van der Waals surface area contributed by atoms with Crippen LogP contribution in [0.25, 0.3) is 0 Å². The smallest absolute Gasteiger partial charge is 0.143 e. The molecule has 2 nitrogen and oxygen atoms in total. The molecule has 0 bridgehead atoms. The number of halogens is 2. The highest BCUT2D eigenvalue weighted by Gasteiger charge is 2.37. The zero-order valence-electron chi connectivity index (χ0n) is 11.8. The van der Waals surface area contributed by atoms with Crippen LogP contribution in [0, 0.1) is 11.2 Å². The van der Waals surface area contributed by atoms with E-state index in [1.54, 1.807) is 12.1 Å². The maximum absolute atomic E-state index is 13.2. The quantitative estimate of drug-likeness (QED) is 0.880. The average Bonchev–Trinajstić information content (AvgIpc) is 2.44. The van der Waals surface area contributed by atoms with Gasteiger partial charge >= 0.3 is 0 Å². The third-order valence-electron chi connectivity index (χ3n) is 4.23. The Kier molecular flexibility index (Phi) is 5.33. The number of carbonyl (C=O) groups is 1. The largest absolute Gasteiger partial charge is 0.317 e. The summed E-state index contributed by atoms with van der Waals surface area (Å²) in [6.45, 7) is 3.96. The lowest BCUT2D eigenvalue weighted by molar-refractivity contribution is -0.130. The molecule has 0 radical (unpaired) electrons. The Labute approximate surface area is 128 Å². The Morgan fingerprint density at radius 3 is 2.70 bits per heavy atom. The van der Waals surface area contributed by atoms with Crippen molar-refractivity contribution in [2.45, 2.75) is 39.0 Å². The van der Waals surface area contributed by atoms with Gasteiger partial charge in [0.15, 0.2) is 0 Å². The highest BCUT2D eigenvalue weighted by molar-refractivity contribution is 9.10. The summed E-state index contributed by atoms with van der Waals surface area (Å²) in [5.41, 5.74) is 0.707.